The molecule has 0 aromatic heterocycles. The highest BCUT2D eigenvalue weighted by molar-refractivity contribution is 7.90. The van der Waals surface area contributed by atoms with Crippen LogP contribution in [-0.4, -0.2) is 70.6 Å². The third-order valence-electron chi connectivity index (χ3n) is 3.93. The van der Waals surface area contributed by atoms with Crippen LogP contribution in [0.2, 0.25) is 0 Å². The van der Waals surface area contributed by atoms with Crippen LogP contribution in [-0.2, 0) is 9.84 Å². The van der Waals surface area contributed by atoms with E-state index >= 15 is 0 Å². The van der Waals surface area contributed by atoms with Crippen LogP contribution in [0.1, 0.15) is 45.4 Å². The first-order valence-corrected chi connectivity index (χ1v) is 11.0. The molecular weight excluding hydrogens is 312 g/mol. The molecule has 1 fully saturated rings. The van der Waals surface area contributed by atoms with Crippen LogP contribution in [0.5, 0.6) is 0 Å². The molecular formula is C16H34N4O2S. The monoisotopic (exact) mass is 346 g/mol. The highest BCUT2D eigenvalue weighted by atomic mass is 32.2. The molecule has 0 aromatic rings. The maximum atomic E-state index is 11.1. The third kappa shape index (κ3) is 11.4. The number of hydrogen-bond acceptors (Lipinski definition) is 4. The van der Waals surface area contributed by atoms with E-state index < -0.39 is 9.84 Å². The van der Waals surface area contributed by atoms with Crippen molar-refractivity contribution in [2.24, 2.45) is 4.99 Å². The Hall–Kier alpha value is -0.820. The topological polar surface area (TPSA) is 73.8 Å². The van der Waals surface area contributed by atoms with Crippen molar-refractivity contribution in [1.82, 2.24) is 15.5 Å². The fourth-order valence-corrected chi connectivity index (χ4v) is 3.38. The van der Waals surface area contributed by atoms with E-state index in [1.54, 1.807) is 0 Å². The van der Waals surface area contributed by atoms with E-state index in [0.29, 0.717) is 13.0 Å². The van der Waals surface area contributed by atoms with Gasteiger partial charge in [-0.25, -0.2) is 8.42 Å². The summed E-state index contributed by atoms with van der Waals surface area (Å²) < 4.78 is 22.2. The summed E-state index contributed by atoms with van der Waals surface area (Å²) in [5.41, 5.74) is 0. The third-order valence-corrected chi connectivity index (χ3v) is 4.96. The van der Waals surface area contributed by atoms with Gasteiger partial charge in [0, 0.05) is 25.9 Å². The summed E-state index contributed by atoms with van der Waals surface area (Å²) in [5.74, 6) is 0.988. The van der Waals surface area contributed by atoms with E-state index in [1.165, 1.54) is 45.0 Å². The second-order valence-corrected chi connectivity index (χ2v) is 8.54. The number of rotatable bonds is 9. The molecule has 0 aliphatic carbocycles. The molecule has 0 atom stereocenters. The van der Waals surface area contributed by atoms with Gasteiger partial charge in [0.1, 0.15) is 9.84 Å². The van der Waals surface area contributed by atoms with Crippen LogP contribution in [0.4, 0.5) is 0 Å². The first-order valence-electron chi connectivity index (χ1n) is 8.93. The molecule has 1 aliphatic rings. The Bertz CT molecular complexity index is 429. The number of aliphatic imine (C=N–C) groups is 1. The maximum Gasteiger partial charge on any atom is 0.191 e. The van der Waals surface area contributed by atoms with E-state index in [2.05, 4.69) is 20.5 Å². The molecule has 1 rings (SSSR count). The highest BCUT2D eigenvalue weighted by Gasteiger charge is 2.08. The Morgan fingerprint density at radius 3 is 2.39 bits per heavy atom. The van der Waals surface area contributed by atoms with Gasteiger partial charge in [-0.3, -0.25) is 4.99 Å². The molecule has 0 unspecified atom stereocenters. The fourth-order valence-electron chi connectivity index (χ4n) is 2.73. The summed E-state index contributed by atoms with van der Waals surface area (Å²) in [6.45, 7) is 7.89. The van der Waals surface area contributed by atoms with Crippen molar-refractivity contribution in [1.29, 1.82) is 0 Å². The summed E-state index contributed by atoms with van der Waals surface area (Å²) >= 11 is 0. The summed E-state index contributed by atoms with van der Waals surface area (Å²) in [5, 5.41) is 6.54. The zero-order chi connectivity index (χ0) is 17.0. The van der Waals surface area contributed by atoms with Gasteiger partial charge in [-0.05, 0) is 52.2 Å². The zero-order valence-corrected chi connectivity index (χ0v) is 15.6. The van der Waals surface area contributed by atoms with Gasteiger partial charge < -0.3 is 15.5 Å². The van der Waals surface area contributed by atoms with Gasteiger partial charge in [-0.1, -0.05) is 12.8 Å². The fraction of sp³-hybridized carbons (Fsp3) is 0.938. The number of sulfone groups is 1. The minimum absolute atomic E-state index is 0.199. The number of likely N-dealkylation sites (tertiary alicyclic amines) is 1. The van der Waals surface area contributed by atoms with Crippen molar-refractivity contribution >= 4 is 15.8 Å². The Morgan fingerprint density at radius 2 is 1.78 bits per heavy atom. The normalized spacial score (nSPS) is 17.7. The van der Waals surface area contributed by atoms with Crippen LogP contribution >= 0.6 is 0 Å². The molecule has 0 saturated carbocycles. The summed E-state index contributed by atoms with van der Waals surface area (Å²) in [7, 11) is -2.89. The number of guanidine groups is 1. The van der Waals surface area contributed by atoms with Crippen LogP contribution < -0.4 is 10.6 Å². The summed E-state index contributed by atoms with van der Waals surface area (Å²) in [6, 6.07) is 0. The van der Waals surface area contributed by atoms with Crippen molar-refractivity contribution in [3.05, 3.63) is 0 Å². The molecule has 1 aliphatic heterocycles. The molecule has 0 radical (unpaired) electrons. The molecule has 0 bridgehead atoms. The van der Waals surface area contributed by atoms with E-state index in [0.717, 1.165) is 32.0 Å². The largest absolute Gasteiger partial charge is 0.357 e. The zero-order valence-electron chi connectivity index (χ0n) is 14.8. The van der Waals surface area contributed by atoms with Gasteiger partial charge in [0.25, 0.3) is 0 Å². The SMILES string of the molecule is CCNC(=NCCCS(C)(=O)=O)NCCCN1CCCCCC1. The van der Waals surface area contributed by atoms with Crippen molar-refractivity contribution in [3.8, 4) is 0 Å². The minimum atomic E-state index is -2.89. The van der Waals surface area contributed by atoms with Crippen LogP contribution in [0.15, 0.2) is 4.99 Å². The highest BCUT2D eigenvalue weighted by Crippen LogP contribution is 2.09. The first kappa shape index (κ1) is 20.2. The molecule has 23 heavy (non-hydrogen) atoms. The molecule has 7 heteroatoms. The summed E-state index contributed by atoms with van der Waals surface area (Å²) in [4.78, 5) is 6.99. The standard InChI is InChI=1S/C16H34N4O2S/c1-3-17-16(19-11-9-15-23(2,21)22)18-10-8-14-20-12-6-4-5-7-13-20/h3-15H2,1-2H3,(H2,17,18,19). The van der Waals surface area contributed by atoms with Crippen LogP contribution in [0, 0.1) is 0 Å². The molecule has 1 heterocycles. The Kier molecular flexibility index (Phi) is 10.3. The minimum Gasteiger partial charge on any atom is -0.357 e. The van der Waals surface area contributed by atoms with Crippen molar-refractivity contribution in [2.75, 3.05) is 51.3 Å². The second-order valence-electron chi connectivity index (χ2n) is 6.28. The number of nitrogens with one attached hydrogen (secondary N) is 2. The lowest BCUT2D eigenvalue weighted by molar-refractivity contribution is 0.282. The molecule has 0 amide bonds. The van der Waals surface area contributed by atoms with E-state index in [-0.39, 0.29) is 5.75 Å². The predicted molar refractivity (Wildman–Crippen MR) is 97.8 cm³/mol. The van der Waals surface area contributed by atoms with Gasteiger partial charge in [0.2, 0.25) is 0 Å². The Labute approximate surface area is 142 Å². The lowest BCUT2D eigenvalue weighted by Crippen LogP contribution is -2.39. The quantitative estimate of drug-likeness (QED) is 0.373. The molecule has 136 valence electrons. The van der Waals surface area contributed by atoms with E-state index in [4.69, 9.17) is 0 Å². The second kappa shape index (κ2) is 11.7. The smallest absolute Gasteiger partial charge is 0.191 e. The molecule has 1 saturated heterocycles. The Morgan fingerprint density at radius 1 is 1.09 bits per heavy atom. The maximum absolute atomic E-state index is 11.1. The van der Waals surface area contributed by atoms with Gasteiger partial charge >= 0.3 is 0 Å². The molecule has 6 nitrogen and oxygen atoms in total. The first-order chi connectivity index (χ1) is 11.0. The lowest BCUT2D eigenvalue weighted by atomic mass is 10.2. The van der Waals surface area contributed by atoms with Crippen molar-refractivity contribution in [2.45, 2.75) is 45.4 Å². The lowest BCUT2D eigenvalue weighted by Gasteiger charge is -2.20. The average molecular weight is 347 g/mol. The molecule has 0 aromatic carbocycles. The van der Waals surface area contributed by atoms with Crippen molar-refractivity contribution < 1.29 is 8.42 Å². The number of nitrogens with zero attached hydrogens (tertiary/aromatic N) is 2. The van der Waals surface area contributed by atoms with E-state index in [1.807, 2.05) is 6.92 Å². The van der Waals surface area contributed by atoms with Crippen molar-refractivity contribution in [3.63, 3.8) is 0 Å². The predicted octanol–water partition coefficient (Wildman–Crippen LogP) is 1.24. The summed E-state index contributed by atoms with van der Waals surface area (Å²) in [6.07, 6.45) is 8.36. The van der Waals surface area contributed by atoms with Gasteiger partial charge in [-0.2, -0.15) is 0 Å². The Balaban J connectivity index is 2.20. The van der Waals surface area contributed by atoms with Gasteiger partial charge in [0.15, 0.2) is 5.96 Å². The van der Waals surface area contributed by atoms with Crippen LogP contribution in [0.25, 0.3) is 0 Å². The van der Waals surface area contributed by atoms with Gasteiger partial charge in [0.05, 0.1) is 5.75 Å². The van der Waals surface area contributed by atoms with Crippen LogP contribution in [0.3, 0.4) is 0 Å². The van der Waals surface area contributed by atoms with E-state index in [9.17, 15) is 8.42 Å². The molecule has 2 N–H and O–H groups in total. The number of hydrogen-bond donors (Lipinski definition) is 2. The molecule has 0 spiro atoms. The van der Waals surface area contributed by atoms with Gasteiger partial charge in [-0.15, -0.1) is 0 Å². The average Bonchev–Trinajstić information content (AvgIpc) is 2.75.